The average Bonchev–Trinajstić information content (AvgIpc) is 3.19. The second-order valence-electron chi connectivity index (χ2n) is 9.15. The normalized spacial score (nSPS) is 15.3. The number of benzene rings is 2. The summed E-state index contributed by atoms with van der Waals surface area (Å²) in [4.78, 5) is 32.9. The van der Waals surface area contributed by atoms with E-state index in [1.807, 2.05) is 63.2 Å². The Bertz CT molecular complexity index is 1610. The van der Waals surface area contributed by atoms with Crippen LogP contribution in [0.4, 0.5) is 0 Å². The fourth-order valence-electron chi connectivity index (χ4n) is 4.47. The number of ether oxygens (including phenoxy) is 3. The number of hydrogen-bond donors (Lipinski definition) is 0. The monoisotopic (exact) mass is 676 g/mol. The van der Waals surface area contributed by atoms with Gasteiger partial charge in [0.1, 0.15) is 17.5 Å². The number of methoxy groups -OCH3 is 1. The molecule has 7 nitrogen and oxygen atoms in total. The maximum atomic E-state index is 14.1. The zero-order chi connectivity index (χ0) is 28.3. The number of rotatable bonds is 9. The van der Waals surface area contributed by atoms with Crippen molar-refractivity contribution in [3.63, 3.8) is 0 Å². The largest absolute Gasteiger partial charge is 0.496 e. The molecule has 1 aliphatic rings. The van der Waals surface area contributed by atoms with Gasteiger partial charge in [-0.15, -0.1) is 0 Å². The Morgan fingerprint density at radius 3 is 2.46 bits per heavy atom. The first-order valence-corrected chi connectivity index (χ1v) is 15.1. The summed E-state index contributed by atoms with van der Waals surface area (Å²) in [6, 6.07) is 10.5. The third kappa shape index (κ3) is 6.23. The molecule has 0 fully saturated rings. The van der Waals surface area contributed by atoms with E-state index >= 15 is 0 Å². The lowest BCUT2D eigenvalue weighted by molar-refractivity contribution is -0.139. The maximum Gasteiger partial charge on any atom is 0.338 e. The number of halogens is 2. The molecule has 0 saturated carbocycles. The molecule has 0 N–H and O–H groups in total. The Kier molecular flexibility index (Phi) is 9.51. The minimum absolute atomic E-state index is 0.0349. The van der Waals surface area contributed by atoms with Crippen LogP contribution in [0.1, 0.15) is 57.7 Å². The topological polar surface area (TPSA) is 79.1 Å². The Balaban J connectivity index is 2.05. The van der Waals surface area contributed by atoms with E-state index in [4.69, 9.17) is 19.2 Å². The molecular weight excluding hydrogens is 648 g/mol. The van der Waals surface area contributed by atoms with Crippen molar-refractivity contribution in [2.24, 2.45) is 4.99 Å². The number of fused-ring (bicyclic) bond motifs is 1. The number of allylic oxidation sites excluding steroid dienone is 1. The number of nitrogens with zero attached hydrogens (tertiary/aromatic N) is 2. The molecule has 39 heavy (non-hydrogen) atoms. The van der Waals surface area contributed by atoms with E-state index in [-0.39, 0.29) is 18.3 Å². The molecule has 10 heteroatoms. The SMILES string of the molecule is CCCC1=C(C(=O)OCC)[C@@H](c2cc(Br)ccc2OC)n2c(s/c(=C\c3cc(Br)ccc3OC(C)C)c2=O)=N1. The molecule has 0 spiro atoms. The summed E-state index contributed by atoms with van der Waals surface area (Å²) in [5.41, 5.74) is 2.12. The molecule has 0 aliphatic carbocycles. The van der Waals surface area contributed by atoms with Crippen molar-refractivity contribution >= 4 is 55.2 Å². The first kappa shape index (κ1) is 29.3. The van der Waals surface area contributed by atoms with Crippen LogP contribution in [0.15, 0.2) is 66.4 Å². The Morgan fingerprint density at radius 2 is 1.82 bits per heavy atom. The van der Waals surface area contributed by atoms with Crippen molar-refractivity contribution in [2.45, 2.75) is 52.7 Å². The highest BCUT2D eigenvalue weighted by atomic mass is 79.9. The van der Waals surface area contributed by atoms with Gasteiger partial charge in [-0.3, -0.25) is 9.36 Å². The molecule has 0 unspecified atom stereocenters. The number of hydrogen-bond acceptors (Lipinski definition) is 7. The molecule has 2 heterocycles. The van der Waals surface area contributed by atoms with Gasteiger partial charge in [0.2, 0.25) is 0 Å². The van der Waals surface area contributed by atoms with Crippen molar-refractivity contribution in [2.75, 3.05) is 13.7 Å². The quantitative estimate of drug-likeness (QED) is 0.264. The van der Waals surface area contributed by atoms with Crippen LogP contribution in [0, 0.1) is 0 Å². The second-order valence-corrected chi connectivity index (χ2v) is 12.0. The molecule has 0 bridgehead atoms. The Labute approximate surface area is 248 Å². The lowest BCUT2D eigenvalue weighted by Crippen LogP contribution is -2.40. The fourth-order valence-corrected chi connectivity index (χ4v) is 6.24. The van der Waals surface area contributed by atoms with Gasteiger partial charge in [-0.05, 0) is 69.7 Å². The molecule has 0 radical (unpaired) electrons. The fraction of sp³-hybridized carbons (Fsp3) is 0.345. The highest BCUT2D eigenvalue weighted by Crippen LogP contribution is 2.38. The van der Waals surface area contributed by atoms with Gasteiger partial charge in [0.25, 0.3) is 5.56 Å². The predicted octanol–water partition coefficient (Wildman–Crippen LogP) is 5.90. The number of carbonyl (C=O) groups is 1. The van der Waals surface area contributed by atoms with E-state index in [1.54, 1.807) is 18.6 Å². The van der Waals surface area contributed by atoms with E-state index < -0.39 is 12.0 Å². The summed E-state index contributed by atoms with van der Waals surface area (Å²) in [6.07, 6.45) is 3.11. The lowest BCUT2D eigenvalue weighted by atomic mass is 9.93. The van der Waals surface area contributed by atoms with Crippen LogP contribution in [-0.4, -0.2) is 30.4 Å². The van der Waals surface area contributed by atoms with Gasteiger partial charge in [-0.1, -0.05) is 56.5 Å². The summed E-state index contributed by atoms with van der Waals surface area (Å²) < 4.78 is 20.9. The molecule has 3 aromatic rings. The number of carbonyl (C=O) groups excluding carboxylic acids is 1. The molecule has 206 valence electrons. The van der Waals surface area contributed by atoms with Crippen LogP contribution >= 0.6 is 43.2 Å². The first-order valence-electron chi connectivity index (χ1n) is 12.7. The number of thiazole rings is 1. The van der Waals surface area contributed by atoms with E-state index in [2.05, 4.69) is 31.9 Å². The van der Waals surface area contributed by atoms with Crippen molar-refractivity contribution in [1.82, 2.24) is 4.57 Å². The van der Waals surface area contributed by atoms with Gasteiger partial charge in [0, 0.05) is 20.1 Å². The second kappa shape index (κ2) is 12.7. The van der Waals surface area contributed by atoms with Gasteiger partial charge >= 0.3 is 5.97 Å². The van der Waals surface area contributed by atoms with Crippen LogP contribution in [0.3, 0.4) is 0 Å². The smallest absolute Gasteiger partial charge is 0.338 e. The highest BCUT2D eigenvalue weighted by molar-refractivity contribution is 9.10. The highest BCUT2D eigenvalue weighted by Gasteiger charge is 2.36. The summed E-state index contributed by atoms with van der Waals surface area (Å²) in [7, 11) is 1.57. The molecule has 2 aromatic carbocycles. The van der Waals surface area contributed by atoms with Crippen LogP contribution in [-0.2, 0) is 9.53 Å². The van der Waals surface area contributed by atoms with Gasteiger partial charge in [-0.2, -0.15) is 0 Å². The van der Waals surface area contributed by atoms with Crippen LogP contribution in [0.5, 0.6) is 11.5 Å². The van der Waals surface area contributed by atoms with E-state index in [1.165, 1.54) is 11.3 Å². The summed E-state index contributed by atoms with van der Waals surface area (Å²) in [5.74, 6) is 0.727. The van der Waals surface area contributed by atoms with Crippen LogP contribution < -0.4 is 24.4 Å². The zero-order valence-electron chi connectivity index (χ0n) is 22.4. The van der Waals surface area contributed by atoms with Crippen molar-refractivity contribution < 1.29 is 19.0 Å². The maximum absolute atomic E-state index is 14.1. The van der Waals surface area contributed by atoms with Crippen LogP contribution in [0.25, 0.3) is 6.08 Å². The van der Waals surface area contributed by atoms with E-state index in [0.29, 0.717) is 44.1 Å². The molecule has 1 aromatic heterocycles. The zero-order valence-corrected chi connectivity index (χ0v) is 26.4. The molecule has 1 aliphatic heterocycles. The Morgan fingerprint density at radius 1 is 1.13 bits per heavy atom. The third-order valence-electron chi connectivity index (χ3n) is 6.00. The van der Waals surface area contributed by atoms with Crippen molar-refractivity contribution in [3.8, 4) is 11.5 Å². The predicted molar refractivity (Wildman–Crippen MR) is 160 cm³/mol. The van der Waals surface area contributed by atoms with Crippen molar-refractivity contribution in [3.05, 3.63) is 87.4 Å². The average molecular weight is 678 g/mol. The van der Waals surface area contributed by atoms with Gasteiger partial charge in [-0.25, -0.2) is 9.79 Å². The number of aromatic nitrogens is 1. The summed E-state index contributed by atoms with van der Waals surface area (Å²) in [6.45, 7) is 7.90. The van der Waals surface area contributed by atoms with E-state index in [9.17, 15) is 9.59 Å². The molecule has 4 rings (SSSR count). The summed E-state index contributed by atoms with van der Waals surface area (Å²) in [5, 5.41) is 0. The standard InChI is InChI=1S/C29H30Br2N2O5S/c1-6-8-21-25(28(35)37-7-2)26(20-15-19(31)10-12-23(20)36-5)33-27(34)24(39-29(33)32-21)14-17-13-18(30)9-11-22(17)38-16(3)4/h9-16,26H,6-8H2,1-5H3/b24-14-/t26-/m1/s1. The van der Waals surface area contributed by atoms with Gasteiger partial charge < -0.3 is 14.2 Å². The number of esters is 1. The molecule has 1 atom stereocenters. The molecular formula is C29H30Br2N2O5S. The third-order valence-corrected chi connectivity index (χ3v) is 7.97. The molecule has 0 saturated heterocycles. The minimum Gasteiger partial charge on any atom is -0.496 e. The Hall–Kier alpha value is -2.69. The molecule has 0 amide bonds. The van der Waals surface area contributed by atoms with Crippen LogP contribution in [0.2, 0.25) is 0 Å². The lowest BCUT2D eigenvalue weighted by Gasteiger charge is -2.27. The summed E-state index contributed by atoms with van der Waals surface area (Å²) >= 11 is 8.36. The minimum atomic E-state index is -0.773. The van der Waals surface area contributed by atoms with E-state index in [0.717, 1.165) is 20.9 Å². The van der Waals surface area contributed by atoms with Crippen molar-refractivity contribution in [1.29, 1.82) is 0 Å². The van der Waals surface area contributed by atoms with Gasteiger partial charge in [0.05, 0.1) is 35.6 Å². The van der Waals surface area contributed by atoms with Gasteiger partial charge in [0.15, 0.2) is 4.80 Å². The first-order chi connectivity index (χ1) is 18.7.